The van der Waals surface area contributed by atoms with E-state index in [0.717, 1.165) is 52.3 Å². The van der Waals surface area contributed by atoms with Crippen molar-refractivity contribution < 1.29 is 9.59 Å². The Morgan fingerprint density at radius 3 is 2.76 bits per heavy atom. The summed E-state index contributed by atoms with van der Waals surface area (Å²) in [6, 6.07) is 11.0. The van der Waals surface area contributed by atoms with E-state index in [1.807, 2.05) is 24.3 Å². The third-order valence-corrected chi connectivity index (χ3v) is 8.55. The Labute approximate surface area is 223 Å². The predicted octanol–water partition coefficient (Wildman–Crippen LogP) is 4.98. The molecule has 4 N–H and O–H groups in total. The average Bonchev–Trinajstić information content (AvgIpc) is 3.55. The van der Waals surface area contributed by atoms with Crippen molar-refractivity contribution in [3.8, 4) is 0 Å². The van der Waals surface area contributed by atoms with Crippen LogP contribution in [0.25, 0.3) is 10.2 Å². The molecule has 0 saturated carbocycles. The number of hydrogen-bond donors (Lipinski definition) is 3. The predicted molar refractivity (Wildman–Crippen MR) is 148 cm³/mol. The Morgan fingerprint density at radius 1 is 1.19 bits per heavy atom. The second kappa shape index (κ2) is 10.3. The van der Waals surface area contributed by atoms with Gasteiger partial charge in [0.2, 0.25) is 0 Å². The van der Waals surface area contributed by atoms with Gasteiger partial charge < -0.3 is 16.4 Å². The first-order valence-corrected chi connectivity index (χ1v) is 14.0. The van der Waals surface area contributed by atoms with Gasteiger partial charge in [0.25, 0.3) is 11.8 Å². The zero-order valence-corrected chi connectivity index (χ0v) is 22.7. The molecule has 3 aromatic heterocycles. The largest absolute Gasteiger partial charge is 0.343 e. The lowest BCUT2D eigenvalue weighted by atomic mass is 9.71. The summed E-state index contributed by atoms with van der Waals surface area (Å²) in [5.74, 6) is 0.102. The molecule has 4 aromatic rings. The molecule has 2 amide bonds. The minimum Gasteiger partial charge on any atom is -0.343 e. The lowest BCUT2D eigenvalue weighted by Crippen LogP contribution is -2.33. The molecule has 2 atom stereocenters. The molecule has 0 fully saturated rings. The molecule has 1 aromatic carbocycles. The number of carbonyl (C=O) groups is 2. The first-order chi connectivity index (χ1) is 17.7. The highest BCUT2D eigenvalue weighted by molar-refractivity contribution is 7.20. The summed E-state index contributed by atoms with van der Waals surface area (Å²) in [6.45, 7) is 7.12. The molecule has 0 bridgehead atoms. The first-order valence-electron chi connectivity index (χ1n) is 12.3. The Bertz CT molecular complexity index is 1440. The molecule has 1 aliphatic rings. The Balaban J connectivity index is 1.31. The number of fused-ring (bicyclic) bond motifs is 2. The summed E-state index contributed by atoms with van der Waals surface area (Å²) in [5, 5.41) is 12.2. The van der Waals surface area contributed by atoms with Gasteiger partial charge in [0.15, 0.2) is 5.69 Å². The van der Waals surface area contributed by atoms with Gasteiger partial charge in [-0.2, -0.15) is 0 Å². The van der Waals surface area contributed by atoms with Gasteiger partial charge in [0.1, 0.15) is 4.83 Å². The maximum absolute atomic E-state index is 13.2. The van der Waals surface area contributed by atoms with Gasteiger partial charge in [-0.05, 0) is 77.5 Å². The molecular weight excluding hydrogens is 504 g/mol. The average molecular weight is 535 g/mol. The van der Waals surface area contributed by atoms with Gasteiger partial charge in [0.05, 0.1) is 10.9 Å². The topological polar surface area (TPSA) is 123 Å². The summed E-state index contributed by atoms with van der Waals surface area (Å²) < 4.78 is 3.72. The molecule has 0 radical (unpaired) electrons. The molecule has 3 heterocycles. The van der Waals surface area contributed by atoms with Gasteiger partial charge in [-0.25, -0.2) is 4.98 Å². The number of nitrogens with two attached hydrogens (primary N) is 1. The summed E-state index contributed by atoms with van der Waals surface area (Å²) in [6.07, 6.45) is 3.15. The number of aromatic nitrogens is 3. The van der Waals surface area contributed by atoms with E-state index in [1.54, 1.807) is 11.4 Å². The van der Waals surface area contributed by atoms with Crippen molar-refractivity contribution >= 4 is 50.6 Å². The van der Waals surface area contributed by atoms with Gasteiger partial charge in [0, 0.05) is 28.7 Å². The van der Waals surface area contributed by atoms with E-state index in [-0.39, 0.29) is 29.5 Å². The van der Waals surface area contributed by atoms with Crippen molar-refractivity contribution in [3.63, 3.8) is 0 Å². The van der Waals surface area contributed by atoms with E-state index in [4.69, 9.17) is 10.7 Å². The zero-order chi connectivity index (χ0) is 26.2. The number of nitrogens with one attached hydrogen (secondary N) is 2. The first kappa shape index (κ1) is 25.4. The van der Waals surface area contributed by atoms with E-state index in [2.05, 4.69) is 47.1 Å². The number of rotatable bonds is 6. The van der Waals surface area contributed by atoms with Crippen LogP contribution in [0, 0.1) is 11.3 Å². The third-order valence-electron chi connectivity index (χ3n) is 7.00. The smallest absolute Gasteiger partial charge is 0.277 e. The fraction of sp³-hybridized carbons (Fsp3) is 0.370. The molecule has 192 valence electrons. The number of benzene rings is 1. The van der Waals surface area contributed by atoms with E-state index in [1.165, 1.54) is 16.9 Å². The van der Waals surface area contributed by atoms with Crippen molar-refractivity contribution in [1.82, 2.24) is 19.9 Å². The molecular formula is C27H30N6O2S2. The SMILES string of the molecule is CC(C)(C)[C@@H]1CCc2nc3sc(C(=O)N[C@H](CN)c4cccc(NC(=O)c5csnn5)c4)cc3cc2C1. The van der Waals surface area contributed by atoms with Crippen molar-refractivity contribution in [1.29, 1.82) is 0 Å². The van der Waals surface area contributed by atoms with E-state index < -0.39 is 6.04 Å². The highest BCUT2D eigenvalue weighted by Gasteiger charge is 2.30. The van der Waals surface area contributed by atoms with E-state index >= 15 is 0 Å². The molecule has 0 saturated heterocycles. The molecule has 37 heavy (non-hydrogen) atoms. The van der Waals surface area contributed by atoms with Crippen molar-refractivity contribution in [3.05, 3.63) is 69.2 Å². The third kappa shape index (κ3) is 5.56. The Hall–Kier alpha value is -3.21. The monoisotopic (exact) mass is 534 g/mol. The summed E-state index contributed by atoms with van der Waals surface area (Å²) in [7, 11) is 0. The minimum atomic E-state index is -0.413. The van der Waals surface area contributed by atoms with Crippen LogP contribution < -0.4 is 16.4 Å². The van der Waals surface area contributed by atoms with Crippen LogP contribution in [-0.4, -0.2) is 32.9 Å². The molecule has 1 aliphatic carbocycles. The normalized spacial score (nSPS) is 16.3. The minimum absolute atomic E-state index is 0.188. The van der Waals surface area contributed by atoms with Gasteiger partial charge in [-0.1, -0.05) is 37.4 Å². The quantitative estimate of drug-likeness (QED) is 0.321. The second-order valence-corrected chi connectivity index (χ2v) is 12.2. The number of pyridine rings is 1. The number of nitrogens with zero attached hydrogens (tertiary/aromatic N) is 3. The number of thiophene rings is 1. The Kier molecular flexibility index (Phi) is 7.06. The number of carbonyl (C=O) groups excluding carboxylic acids is 2. The summed E-state index contributed by atoms with van der Waals surface area (Å²) in [5.41, 5.74) is 10.4. The lowest BCUT2D eigenvalue weighted by molar-refractivity contribution is 0.0941. The molecule has 10 heteroatoms. The maximum Gasteiger partial charge on any atom is 0.277 e. The summed E-state index contributed by atoms with van der Waals surface area (Å²) in [4.78, 5) is 32.0. The zero-order valence-electron chi connectivity index (χ0n) is 21.1. The van der Waals surface area contributed by atoms with Crippen molar-refractivity contribution in [2.24, 2.45) is 17.1 Å². The van der Waals surface area contributed by atoms with Crippen LogP contribution in [0.2, 0.25) is 0 Å². The van der Waals surface area contributed by atoms with Crippen LogP contribution >= 0.6 is 22.9 Å². The van der Waals surface area contributed by atoms with Crippen LogP contribution in [-0.2, 0) is 12.8 Å². The second-order valence-electron chi connectivity index (χ2n) is 10.5. The fourth-order valence-electron chi connectivity index (χ4n) is 4.77. The van der Waals surface area contributed by atoms with E-state index in [0.29, 0.717) is 16.5 Å². The van der Waals surface area contributed by atoms with Crippen molar-refractivity contribution in [2.75, 3.05) is 11.9 Å². The highest BCUT2D eigenvalue weighted by Crippen LogP contribution is 2.38. The van der Waals surface area contributed by atoms with Crippen molar-refractivity contribution in [2.45, 2.75) is 46.1 Å². The standard InChI is InChI=1S/C27H30N6O2S2/c1-27(2,3)18-7-8-20-16(10-18)9-17-12-23(37-26(17)31-20)25(35)30-21(13-28)15-5-4-6-19(11-15)29-24(34)22-14-36-33-32-22/h4-6,9,11-12,14,18,21H,7-8,10,13,28H2,1-3H3,(H,29,34)(H,30,35)/t18-,21-/m1/s1. The van der Waals surface area contributed by atoms with Gasteiger partial charge in [-0.15, -0.1) is 16.4 Å². The Morgan fingerprint density at radius 2 is 2.03 bits per heavy atom. The highest BCUT2D eigenvalue weighted by atomic mass is 32.1. The number of aryl methyl sites for hydroxylation is 1. The molecule has 0 unspecified atom stereocenters. The van der Waals surface area contributed by atoms with Crippen LogP contribution in [0.4, 0.5) is 5.69 Å². The molecule has 5 rings (SSSR count). The molecule has 8 nitrogen and oxygen atoms in total. The molecule has 0 aliphatic heterocycles. The van der Waals surface area contributed by atoms with Crippen LogP contribution in [0.1, 0.15) is 70.2 Å². The number of hydrogen-bond acceptors (Lipinski definition) is 8. The van der Waals surface area contributed by atoms with E-state index in [9.17, 15) is 9.59 Å². The molecule has 0 spiro atoms. The van der Waals surface area contributed by atoms with Gasteiger partial charge >= 0.3 is 0 Å². The van der Waals surface area contributed by atoms with Crippen LogP contribution in [0.3, 0.4) is 0 Å². The summed E-state index contributed by atoms with van der Waals surface area (Å²) >= 11 is 2.52. The maximum atomic E-state index is 13.2. The van der Waals surface area contributed by atoms with Crippen LogP contribution in [0.15, 0.2) is 41.8 Å². The van der Waals surface area contributed by atoms with Gasteiger partial charge in [-0.3, -0.25) is 9.59 Å². The van der Waals surface area contributed by atoms with Crippen LogP contribution in [0.5, 0.6) is 0 Å². The number of amides is 2. The fourth-order valence-corrected chi connectivity index (χ4v) is 6.15. The number of anilines is 1. The lowest BCUT2D eigenvalue weighted by Gasteiger charge is -2.34.